The third kappa shape index (κ3) is 1.91. The molecule has 0 fully saturated rings. The second kappa shape index (κ2) is 4.48. The van der Waals surface area contributed by atoms with Crippen molar-refractivity contribution in [2.75, 3.05) is 13.7 Å². The molecule has 1 aromatic heterocycles. The van der Waals surface area contributed by atoms with Crippen molar-refractivity contribution < 1.29 is 9.53 Å². The molecule has 2 heterocycles. The quantitative estimate of drug-likeness (QED) is 0.685. The number of rotatable bonds is 1. The van der Waals surface area contributed by atoms with Gasteiger partial charge in [-0.25, -0.2) is 4.79 Å². The summed E-state index contributed by atoms with van der Waals surface area (Å²) in [6.45, 7) is 1.80. The SMILES string of the molecule is COC(=O)c1cc2c([nH]1)CCNC2.Cl. The van der Waals surface area contributed by atoms with Crippen LogP contribution in [-0.4, -0.2) is 24.6 Å². The van der Waals surface area contributed by atoms with Crippen LogP contribution in [0.1, 0.15) is 21.7 Å². The second-order valence-electron chi connectivity index (χ2n) is 3.11. The summed E-state index contributed by atoms with van der Waals surface area (Å²) in [6, 6.07) is 1.85. The Kier molecular flexibility index (Phi) is 3.55. The molecule has 1 aromatic rings. The molecule has 0 atom stereocenters. The fraction of sp³-hybridized carbons (Fsp3) is 0.444. The van der Waals surface area contributed by atoms with Gasteiger partial charge in [-0.2, -0.15) is 0 Å². The van der Waals surface area contributed by atoms with Gasteiger partial charge < -0.3 is 15.0 Å². The molecule has 14 heavy (non-hydrogen) atoms. The highest BCUT2D eigenvalue weighted by atomic mass is 35.5. The van der Waals surface area contributed by atoms with E-state index in [0.29, 0.717) is 5.69 Å². The van der Waals surface area contributed by atoms with Crippen LogP contribution in [0, 0.1) is 0 Å². The van der Waals surface area contributed by atoms with Gasteiger partial charge in [-0.05, 0) is 11.6 Å². The number of esters is 1. The lowest BCUT2D eigenvalue weighted by Gasteiger charge is -2.11. The van der Waals surface area contributed by atoms with Crippen molar-refractivity contribution in [2.24, 2.45) is 0 Å². The minimum atomic E-state index is -0.297. The molecular weight excluding hydrogens is 204 g/mol. The van der Waals surface area contributed by atoms with E-state index in [4.69, 9.17) is 0 Å². The Morgan fingerprint density at radius 1 is 1.57 bits per heavy atom. The van der Waals surface area contributed by atoms with Crippen LogP contribution in [0.15, 0.2) is 6.07 Å². The van der Waals surface area contributed by atoms with Gasteiger partial charge in [0.05, 0.1) is 7.11 Å². The average molecular weight is 217 g/mol. The van der Waals surface area contributed by atoms with Gasteiger partial charge in [0.2, 0.25) is 0 Å². The second-order valence-corrected chi connectivity index (χ2v) is 3.11. The smallest absolute Gasteiger partial charge is 0.354 e. The molecule has 0 radical (unpaired) electrons. The van der Waals surface area contributed by atoms with E-state index in [-0.39, 0.29) is 18.4 Å². The maximum Gasteiger partial charge on any atom is 0.354 e. The number of halogens is 1. The Morgan fingerprint density at radius 2 is 2.36 bits per heavy atom. The van der Waals surface area contributed by atoms with Crippen LogP contribution >= 0.6 is 12.4 Å². The summed E-state index contributed by atoms with van der Waals surface area (Å²) in [6.07, 6.45) is 0.951. The van der Waals surface area contributed by atoms with Gasteiger partial charge in [0.25, 0.3) is 0 Å². The first kappa shape index (κ1) is 11.1. The van der Waals surface area contributed by atoms with E-state index in [2.05, 4.69) is 15.0 Å². The molecule has 1 aliphatic heterocycles. The maximum atomic E-state index is 11.2. The van der Waals surface area contributed by atoms with Crippen LogP contribution in [-0.2, 0) is 17.7 Å². The summed E-state index contributed by atoms with van der Waals surface area (Å²) < 4.78 is 4.62. The molecule has 0 spiro atoms. The van der Waals surface area contributed by atoms with Crippen molar-refractivity contribution in [2.45, 2.75) is 13.0 Å². The minimum absolute atomic E-state index is 0. The topological polar surface area (TPSA) is 54.1 Å². The predicted molar refractivity (Wildman–Crippen MR) is 54.8 cm³/mol. The lowest BCUT2D eigenvalue weighted by atomic mass is 10.1. The summed E-state index contributed by atoms with van der Waals surface area (Å²) in [5, 5.41) is 3.24. The number of aromatic amines is 1. The number of H-pyrrole nitrogens is 1. The van der Waals surface area contributed by atoms with E-state index in [1.807, 2.05) is 6.07 Å². The van der Waals surface area contributed by atoms with E-state index in [1.54, 1.807) is 0 Å². The number of carbonyl (C=O) groups excluding carboxylic acids is 1. The highest BCUT2D eigenvalue weighted by molar-refractivity contribution is 5.87. The molecule has 0 aliphatic carbocycles. The molecular formula is C9H13ClN2O2. The average Bonchev–Trinajstić information content (AvgIpc) is 2.59. The number of fused-ring (bicyclic) bond motifs is 1. The van der Waals surface area contributed by atoms with Crippen LogP contribution in [0.25, 0.3) is 0 Å². The van der Waals surface area contributed by atoms with Crippen LogP contribution in [0.5, 0.6) is 0 Å². The van der Waals surface area contributed by atoms with Gasteiger partial charge in [-0.15, -0.1) is 12.4 Å². The number of hydrogen-bond donors (Lipinski definition) is 2. The van der Waals surface area contributed by atoms with Gasteiger partial charge in [0, 0.05) is 25.2 Å². The molecule has 5 heteroatoms. The van der Waals surface area contributed by atoms with Crippen LogP contribution in [0.3, 0.4) is 0 Å². The molecule has 0 amide bonds. The molecule has 2 rings (SSSR count). The first-order valence-electron chi connectivity index (χ1n) is 4.31. The molecule has 0 saturated carbocycles. The minimum Gasteiger partial charge on any atom is -0.464 e. The summed E-state index contributed by atoms with van der Waals surface area (Å²) >= 11 is 0. The van der Waals surface area contributed by atoms with Gasteiger partial charge in [-0.1, -0.05) is 0 Å². The molecule has 0 bridgehead atoms. The number of nitrogens with one attached hydrogen (secondary N) is 2. The first-order valence-corrected chi connectivity index (χ1v) is 4.31. The standard InChI is InChI=1S/C9H12N2O2.ClH/c1-13-9(12)8-4-6-5-10-3-2-7(6)11-8;/h4,10-11H,2-3,5H2,1H3;1H. The Hall–Kier alpha value is -1.00. The molecule has 0 aromatic carbocycles. The highest BCUT2D eigenvalue weighted by Gasteiger charge is 2.15. The highest BCUT2D eigenvalue weighted by Crippen LogP contribution is 2.15. The third-order valence-electron chi connectivity index (χ3n) is 2.26. The first-order chi connectivity index (χ1) is 6.31. The van der Waals surface area contributed by atoms with E-state index in [1.165, 1.54) is 12.7 Å². The molecule has 2 N–H and O–H groups in total. The van der Waals surface area contributed by atoms with Gasteiger partial charge >= 0.3 is 5.97 Å². The molecule has 0 saturated heterocycles. The summed E-state index contributed by atoms with van der Waals surface area (Å²) in [5.74, 6) is -0.297. The fourth-order valence-corrected chi connectivity index (χ4v) is 1.58. The predicted octanol–water partition coefficient (Wildman–Crippen LogP) is 0.869. The third-order valence-corrected chi connectivity index (χ3v) is 2.26. The Balaban J connectivity index is 0.000000980. The van der Waals surface area contributed by atoms with E-state index >= 15 is 0 Å². The van der Waals surface area contributed by atoms with E-state index in [9.17, 15) is 4.79 Å². The zero-order valence-corrected chi connectivity index (χ0v) is 8.74. The van der Waals surface area contributed by atoms with Gasteiger partial charge in [0.15, 0.2) is 0 Å². The van der Waals surface area contributed by atoms with E-state index < -0.39 is 0 Å². The van der Waals surface area contributed by atoms with Gasteiger partial charge in [-0.3, -0.25) is 0 Å². The largest absolute Gasteiger partial charge is 0.464 e. The normalized spacial score (nSPS) is 14.1. The van der Waals surface area contributed by atoms with E-state index in [0.717, 1.165) is 25.2 Å². The summed E-state index contributed by atoms with van der Waals surface area (Å²) in [7, 11) is 1.39. The number of methoxy groups -OCH3 is 1. The van der Waals surface area contributed by atoms with Crippen LogP contribution < -0.4 is 5.32 Å². The lowest BCUT2D eigenvalue weighted by Crippen LogP contribution is -2.22. The van der Waals surface area contributed by atoms with Crippen LogP contribution in [0.2, 0.25) is 0 Å². The Bertz CT molecular complexity index is 312. The van der Waals surface area contributed by atoms with Crippen molar-refractivity contribution in [3.05, 3.63) is 23.0 Å². The fourth-order valence-electron chi connectivity index (χ4n) is 1.58. The summed E-state index contributed by atoms with van der Waals surface area (Å²) in [4.78, 5) is 14.2. The monoisotopic (exact) mass is 216 g/mol. The molecule has 78 valence electrons. The zero-order valence-electron chi connectivity index (χ0n) is 7.92. The van der Waals surface area contributed by atoms with Crippen LogP contribution in [0.4, 0.5) is 0 Å². The van der Waals surface area contributed by atoms with Gasteiger partial charge in [0.1, 0.15) is 5.69 Å². The lowest BCUT2D eigenvalue weighted by molar-refractivity contribution is 0.0594. The number of ether oxygens (including phenoxy) is 1. The number of carbonyl (C=O) groups is 1. The van der Waals surface area contributed by atoms with Crippen molar-refractivity contribution in [3.63, 3.8) is 0 Å². The maximum absolute atomic E-state index is 11.2. The molecule has 4 nitrogen and oxygen atoms in total. The number of aromatic nitrogens is 1. The molecule has 1 aliphatic rings. The Labute approximate surface area is 88.4 Å². The van der Waals surface area contributed by atoms with Crippen molar-refractivity contribution in [1.29, 1.82) is 0 Å². The zero-order chi connectivity index (χ0) is 9.26. The summed E-state index contributed by atoms with van der Waals surface area (Å²) in [5.41, 5.74) is 2.88. The van der Waals surface area contributed by atoms with Crippen molar-refractivity contribution in [3.8, 4) is 0 Å². The Morgan fingerprint density at radius 3 is 3.00 bits per heavy atom. The van der Waals surface area contributed by atoms with Crippen molar-refractivity contribution in [1.82, 2.24) is 10.3 Å². The number of hydrogen-bond acceptors (Lipinski definition) is 3. The van der Waals surface area contributed by atoms with Crippen molar-refractivity contribution >= 4 is 18.4 Å². The molecule has 0 unspecified atom stereocenters.